The van der Waals surface area contributed by atoms with Crippen molar-refractivity contribution in [1.29, 1.82) is 0 Å². The maximum atomic E-state index is 10.6. The molecule has 1 N–H and O–H groups in total. The van der Waals surface area contributed by atoms with Crippen molar-refractivity contribution >= 4 is 21.9 Å². The van der Waals surface area contributed by atoms with Crippen molar-refractivity contribution in [3.05, 3.63) is 12.2 Å². The van der Waals surface area contributed by atoms with E-state index in [0.717, 1.165) is 18.2 Å². The highest BCUT2D eigenvalue weighted by atomic mass is 79.9. The third-order valence-electron chi connectivity index (χ3n) is 3.20. The Morgan fingerprint density at radius 2 is 2.46 bits per heavy atom. The van der Waals surface area contributed by atoms with E-state index in [1.165, 1.54) is 5.57 Å². The first kappa shape index (κ1) is 10.8. The van der Waals surface area contributed by atoms with Gasteiger partial charge < -0.3 is 5.11 Å². The molecule has 1 fully saturated rings. The summed E-state index contributed by atoms with van der Waals surface area (Å²) in [6.45, 7) is 6.11. The van der Waals surface area contributed by atoms with Crippen LogP contribution in [0.25, 0.3) is 0 Å². The predicted octanol–water partition coefficient (Wildman–Crippen LogP) is 2.83. The second-order valence-corrected chi connectivity index (χ2v) is 4.55. The quantitative estimate of drug-likeness (QED) is 0.615. The Morgan fingerprint density at radius 3 is 2.92 bits per heavy atom. The van der Waals surface area contributed by atoms with Crippen molar-refractivity contribution in [2.24, 2.45) is 11.3 Å². The van der Waals surface area contributed by atoms with Crippen LogP contribution >= 0.6 is 15.9 Å². The summed E-state index contributed by atoms with van der Waals surface area (Å²) in [5.41, 5.74) is 1.17. The first-order valence-corrected chi connectivity index (χ1v) is 5.59. The third-order valence-corrected chi connectivity index (χ3v) is 4.37. The topological polar surface area (TPSA) is 37.3 Å². The molecule has 2 unspecified atom stereocenters. The van der Waals surface area contributed by atoms with E-state index >= 15 is 0 Å². The highest BCUT2D eigenvalue weighted by Crippen LogP contribution is 2.49. The molecule has 2 nitrogen and oxygen atoms in total. The summed E-state index contributed by atoms with van der Waals surface area (Å²) >= 11 is 3.45. The lowest BCUT2D eigenvalue weighted by Crippen LogP contribution is -2.26. The van der Waals surface area contributed by atoms with Gasteiger partial charge in [-0.3, -0.25) is 4.79 Å². The molecule has 0 radical (unpaired) electrons. The van der Waals surface area contributed by atoms with Gasteiger partial charge in [0.05, 0.1) is 0 Å². The van der Waals surface area contributed by atoms with Crippen molar-refractivity contribution in [3.8, 4) is 0 Å². The number of carboxylic acids is 1. The Labute approximate surface area is 87.2 Å². The molecule has 0 aromatic heterocycles. The largest absolute Gasteiger partial charge is 0.481 e. The maximum absolute atomic E-state index is 10.6. The van der Waals surface area contributed by atoms with E-state index < -0.39 is 5.97 Å². The smallest absolute Gasteiger partial charge is 0.303 e. The van der Waals surface area contributed by atoms with Gasteiger partial charge in [-0.05, 0) is 18.8 Å². The molecule has 1 rings (SSSR count). The summed E-state index contributed by atoms with van der Waals surface area (Å²) in [4.78, 5) is 10.6. The van der Waals surface area contributed by atoms with Gasteiger partial charge in [-0.1, -0.05) is 35.0 Å². The van der Waals surface area contributed by atoms with E-state index in [-0.39, 0.29) is 17.8 Å². The molecule has 0 aromatic carbocycles. The average molecular weight is 247 g/mol. The van der Waals surface area contributed by atoms with E-state index in [1.807, 2.05) is 0 Å². The molecule has 0 amide bonds. The van der Waals surface area contributed by atoms with Gasteiger partial charge in [0.1, 0.15) is 0 Å². The monoisotopic (exact) mass is 246 g/mol. The summed E-state index contributed by atoms with van der Waals surface area (Å²) in [6.07, 6.45) is 2.20. The number of carboxylic acid groups (broad SMARTS) is 1. The SMILES string of the molecule is C=C1CCC(CC(=O)O)C1(C)CBr. The van der Waals surface area contributed by atoms with Crippen LogP contribution < -0.4 is 0 Å². The first-order valence-electron chi connectivity index (χ1n) is 4.46. The molecule has 0 aliphatic heterocycles. The number of hydrogen-bond donors (Lipinski definition) is 1. The predicted molar refractivity (Wildman–Crippen MR) is 56.0 cm³/mol. The molecule has 0 aromatic rings. The van der Waals surface area contributed by atoms with Gasteiger partial charge >= 0.3 is 5.97 Å². The molecule has 0 heterocycles. The summed E-state index contributed by atoms with van der Waals surface area (Å²) in [5.74, 6) is -0.455. The summed E-state index contributed by atoms with van der Waals surface area (Å²) in [5, 5.41) is 9.56. The van der Waals surface area contributed by atoms with E-state index in [0.29, 0.717) is 0 Å². The van der Waals surface area contributed by atoms with Gasteiger partial charge in [0.25, 0.3) is 0 Å². The van der Waals surface area contributed by atoms with Gasteiger partial charge in [0.15, 0.2) is 0 Å². The minimum atomic E-state index is -0.702. The Bertz CT molecular complexity index is 237. The highest BCUT2D eigenvalue weighted by molar-refractivity contribution is 9.09. The van der Waals surface area contributed by atoms with Crippen LogP contribution in [0, 0.1) is 11.3 Å². The molecule has 1 saturated carbocycles. The minimum Gasteiger partial charge on any atom is -0.481 e. The number of rotatable bonds is 3. The Hall–Kier alpha value is -0.310. The summed E-state index contributed by atoms with van der Waals surface area (Å²) in [6, 6.07) is 0. The number of carbonyl (C=O) groups is 1. The number of aliphatic carboxylic acids is 1. The van der Waals surface area contributed by atoms with Gasteiger partial charge in [0.2, 0.25) is 0 Å². The Kier molecular flexibility index (Phi) is 3.17. The van der Waals surface area contributed by atoms with E-state index in [4.69, 9.17) is 5.11 Å². The molecule has 2 atom stereocenters. The van der Waals surface area contributed by atoms with Crippen molar-refractivity contribution in [2.45, 2.75) is 26.2 Å². The maximum Gasteiger partial charge on any atom is 0.303 e. The number of allylic oxidation sites excluding steroid dienone is 1. The number of halogens is 1. The van der Waals surface area contributed by atoms with Crippen LogP contribution in [0.15, 0.2) is 12.2 Å². The van der Waals surface area contributed by atoms with Crippen molar-refractivity contribution in [2.75, 3.05) is 5.33 Å². The second-order valence-electron chi connectivity index (χ2n) is 3.99. The fourth-order valence-electron chi connectivity index (χ4n) is 1.98. The van der Waals surface area contributed by atoms with E-state index in [9.17, 15) is 4.79 Å². The minimum absolute atomic E-state index is 0.0155. The van der Waals surface area contributed by atoms with Crippen molar-refractivity contribution in [1.82, 2.24) is 0 Å². The Morgan fingerprint density at radius 1 is 1.85 bits per heavy atom. The fraction of sp³-hybridized carbons (Fsp3) is 0.700. The second kappa shape index (κ2) is 3.82. The lowest BCUT2D eigenvalue weighted by atomic mass is 9.78. The van der Waals surface area contributed by atoms with Crippen LogP contribution in [0.3, 0.4) is 0 Å². The van der Waals surface area contributed by atoms with Gasteiger partial charge in [-0.2, -0.15) is 0 Å². The molecule has 1 aliphatic rings. The molecule has 3 heteroatoms. The van der Waals surface area contributed by atoms with Gasteiger partial charge in [0, 0.05) is 17.2 Å². The first-order chi connectivity index (χ1) is 6.00. The zero-order valence-corrected chi connectivity index (χ0v) is 9.43. The van der Waals surface area contributed by atoms with Crippen LogP contribution in [-0.2, 0) is 4.79 Å². The molecule has 0 spiro atoms. The number of hydrogen-bond acceptors (Lipinski definition) is 1. The third kappa shape index (κ3) is 1.96. The van der Waals surface area contributed by atoms with Gasteiger partial charge in [-0.25, -0.2) is 0 Å². The lowest BCUT2D eigenvalue weighted by molar-refractivity contribution is -0.138. The van der Waals surface area contributed by atoms with Crippen LogP contribution in [0.1, 0.15) is 26.2 Å². The summed E-state index contributed by atoms with van der Waals surface area (Å²) < 4.78 is 0. The molecule has 74 valence electrons. The highest BCUT2D eigenvalue weighted by Gasteiger charge is 2.41. The van der Waals surface area contributed by atoms with Crippen molar-refractivity contribution < 1.29 is 9.90 Å². The van der Waals surface area contributed by atoms with E-state index in [2.05, 4.69) is 29.4 Å². The van der Waals surface area contributed by atoms with Crippen LogP contribution in [-0.4, -0.2) is 16.4 Å². The molecule has 0 saturated heterocycles. The lowest BCUT2D eigenvalue weighted by Gasteiger charge is -2.29. The normalized spacial score (nSPS) is 33.7. The number of alkyl halides is 1. The average Bonchev–Trinajstić information content (AvgIpc) is 2.33. The van der Waals surface area contributed by atoms with Crippen LogP contribution in [0.2, 0.25) is 0 Å². The zero-order valence-electron chi connectivity index (χ0n) is 7.85. The summed E-state index contributed by atoms with van der Waals surface area (Å²) in [7, 11) is 0. The Balaban J connectivity index is 2.75. The van der Waals surface area contributed by atoms with Crippen molar-refractivity contribution in [3.63, 3.8) is 0 Å². The molecule has 0 bridgehead atoms. The van der Waals surface area contributed by atoms with E-state index in [1.54, 1.807) is 0 Å². The molecule has 13 heavy (non-hydrogen) atoms. The molecular formula is C10H15BrO2. The standard InChI is InChI=1S/C10H15BrO2/c1-7-3-4-8(5-9(12)13)10(7,2)6-11/h8H,1,3-6H2,2H3,(H,12,13). The van der Waals surface area contributed by atoms with Crippen LogP contribution in [0.4, 0.5) is 0 Å². The molecular weight excluding hydrogens is 232 g/mol. The van der Waals surface area contributed by atoms with Gasteiger partial charge in [-0.15, -0.1) is 0 Å². The zero-order chi connectivity index (χ0) is 10.1. The fourth-order valence-corrected chi connectivity index (χ4v) is 2.84. The van der Waals surface area contributed by atoms with Crippen LogP contribution in [0.5, 0.6) is 0 Å². The molecule has 1 aliphatic carbocycles.